The predicted octanol–water partition coefficient (Wildman–Crippen LogP) is 5.05. The number of hydrogen-bond donors (Lipinski definition) is 1. The van der Waals surface area contributed by atoms with Crippen molar-refractivity contribution < 1.29 is 33.8 Å². The van der Waals surface area contributed by atoms with Gasteiger partial charge < -0.3 is 29.3 Å². The van der Waals surface area contributed by atoms with Crippen molar-refractivity contribution in [3.8, 4) is 0 Å². The van der Waals surface area contributed by atoms with Crippen LogP contribution in [0, 0.1) is 25.7 Å². The minimum absolute atomic E-state index is 0.119. The molecule has 0 radical (unpaired) electrons. The van der Waals surface area contributed by atoms with E-state index in [0.717, 1.165) is 11.1 Å². The Labute approximate surface area is 303 Å². The van der Waals surface area contributed by atoms with Gasteiger partial charge in [0, 0.05) is 30.5 Å². The molecule has 3 aliphatic heterocycles. The summed E-state index contributed by atoms with van der Waals surface area (Å²) < 4.78 is 13.1. The molecule has 3 amide bonds. The van der Waals surface area contributed by atoms with Crippen molar-refractivity contribution >= 4 is 45.3 Å². The topological polar surface area (TPSA) is 117 Å². The summed E-state index contributed by atoms with van der Waals surface area (Å²) in [4.78, 5) is 61.4. The third-order valence-corrected chi connectivity index (χ3v) is 11.5. The average molecular weight is 751 g/mol. The van der Waals surface area contributed by atoms with Gasteiger partial charge in [-0.2, -0.15) is 0 Å². The fourth-order valence-corrected chi connectivity index (χ4v) is 9.04. The number of allylic oxidation sites excluding steroid dienone is 1. The summed E-state index contributed by atoms with van der Waals surface area (Å²) in [7, 11) is 1.68. The molecule has 0 aliphatic carbocycles. The molecule has 2 aromatic carbocycles. The number of amides is 3. The summed E-state index contributed by atoms with van der Waals surface area (Å²) in [6.07, 6.45) is 2.81. The molecule has 268 valence electrons. The van der Waals surface area contributed by atoms with Crippen LogP contribution in [-0.2, 0) is 28.7 Å². The third kappa shape index (κ3) is 6.44. The normalized spacial score (nSPS) is 26.9. The highest BCUT2D eigenvalue weighted by Gasteiger charge is 2.77. The number of benzene rings is 2. The Balaban J connectivity index is 1.54. The molecule has 9 atom stereocenters. The van der Waals surface area contributed by atoms with E-state index in [1.807, 2.05) is 69.3 Å². The fourth-order valence-electron chi connectivity index (χ4n) is 8.10. The molecule has 5 rings (SSSR count). The zero-order valence-electron chi connectivity index (χ0n) is 29.5. The summed E-state index contributed by atoms with van der Waals surface area (Å²) in [5.41, 5.74) is 1.81. The molecule has 2 aromatic rings. The van der Waals surface area contributed by atoms with E-state index in [2.05, 4.69) is 29.1 Å². The molecule has 0 aromatic heterocycles. The van der Waals surface area contributed by atoms with Crippen LogP contribution < -0.4 is 4.90 Å². The Hall–Kier alpha value is -3.80. The van der Waals surface area contributed by atoms with Crippen LogP contribution >= 0.6 is 15.9 Å². The van der Waals surface area contributed by atoms with Crippen LogP contribution in [-0.4, -0.2) is 93.5 Å². The van der Waals surface area contributed by atoms with E-state index in [0.29, 0.717) is 24.1 Å². The molecule has 11 heteroatoms. The zero-order chi connectivity index (χ0) is 36.5. The molecule has 1 spiro atoms. The van der Waals surface area contributed by atoms with E-state index in [1.165, 1.54) is 4.90 Å². The predicted molar refractivity (Wildman–Crippen MR) is 195 cm³/mol. The fraction of sp³-hybridized carbons (Fsp3) is 0.487. The van der Waals surface area contributed by atoms with Gasteiger partial charge in [0.25, 0.3) is 5.91 Å². The second-order valence-corrected chi connectivity index (χ2v) is 14.9. The van der Waals surface area contributed by atoms with Crippen LogP contribution in [0.2, 0.25) is 0 Å². The quantitative estimate of drug-likeness (QED) is 0.163. The summed E-state index contributed by atoms with van der Waals surface area (Å²) in [6.45, 7) is 14.8. The summed E-state index contributed by atoms with van der Waals surface area (Å²) in [5.74, 6) is -3.64. The highest BCUT2D eigenvalue weighted by atomic mass is 79.9. The minimum atomic E-state index is -1.36. The number of halogens is 1. The minimum Gasteiger partial charge on any atom is -0.455 e. The molecule has 1 N–H and O–H groups in total. The van der Waals surface area contributed by atoms with E-state index in [4.69, 9.17) is 9.47 Å². The van der Waals surface area contributed by atoms with Crippen molar-refractivity contribution in [1.29, 1.82) is 0 Å². The first-order chi connectivity index (χ1) is 23.8. The molecule has 2 bridgehead atoms. The van der Waals surface area contributed by atoms with E-state index < -0.39 is 59.6 Å². The molecule has 3 aliphatic rings. The molecule has 3 saturated heterocycles. The number of nitrogens with zero attached hydrogens (tertiary/aromatic N) is 3. The van der Waals surface area contributed by atoms with Crippen molar-refractivity contribution in [2.45, 2.75) is 87.7 Å². The van der Waals surface area contributed by atoms with Crippen LogP contribution in [0.1, 0.15) is 55.9 Å². The Morgan fingerprint density at radius 2 is 1.76 bits per heavy atom. The number of aliphatic hydroxyl groups is 1. The van der Waals surface area contributed by atoms with E-state index in [1.54, 1.807) is 35.9 Å². The molecular weight excluding hydrogens is 702 g/mol. The second kappa shape index (κ2) is 15.2. The third-order valence-electron chi connectivity index (χ3n) is 10.6. The van der Waals surface area contributed by atoms with Gasteiger partial charge in [-0.1, -0.05) is 76.6 Å². The number of hydrogen-bond acceptors (Lipinski definition) is 7. The first-order valence-electron chi connectivity index (χ1n) is 17.2. The number of carbonyl (C=O) groups excluding carboxylic acids is 4. The number of likely N-dealkylation sites (N-methyl/N-ethyl adjacent to an activating group) is 1. The van der Waals surface area contributed by atoms with Gasteiger partial charge in [0.2, 0.25) is 11.8 Å². The van der Waals surface area contributed by atoms with Gasteiger partial charge in [-0.3, -0.25) is 19.2 Å². The smallest absolute Gasteiger partial charge is 0.313 e. The van der Waals surface area contributed by atoms with E-state index >= 15 is 0 Å². The lowest BCUT2D eigenvalue weighted by atomic mass is 9.70. The van der Waals surface area contributed by atoms with Crippen molar-refractivity contribution in [3.63, 3.8) is 0 Å². The van der Waals surface area contributed by atoms with Gasteiger partial charge in [-0.15, -0.1) is 13.2 Å². The number of anilines is 1. The van der Waals surface area contributed by atoms with Gasteiger partial charge in [0.15, 0.2) is 0 Å². The van der Waals surface area contributed by atoms with Gasteiger partial charge in [-0.25, -0.2) is 0 Å². The Kier molecular flexibility index (Phi) is 11.4. The van der Waals surface area contributed by atoms with Crippen molar-refractivity contribution in [3.05, 3.63) is 90.5 Å². The Morgan fingerprint density at radius 1 is 1.10 bits per heavy atom. The maximum absolute atomic E-state index is 14.9. The lowest BCUT2D eigenvalue weighted by molar-refractivity contribution is -0.165. The maximum atomic E-state index is 14.9. The maximum Gasteiger partial charge on any atom is 0.313 e. The number of carbonyl (C=O) groups is 4. The Bertz CT molecular complexity index is 1610. The molecule has 3 heterocycles. The number of fused-ring (bicyclic) bond motifs is 1. The lowest BCUT2D eigenvalue weighted by Gasteiger charge is -2.39. The van der Waals surface area contributed by atoms with Gasteiger partial charge in [0.05, 0.1) is 36.6 Å². The summed E-state index contributed by atoms with van der Waals surface area (Å²) >= 11 is 3.73. The molecule has 10 nitrogen and oxygen atoms in total. The lowest BCUT2D eigenvalue weighted by Crippen LogP contribution is -2.59. The standard InChI is InChI=1S/C39H48BrN3O7/c1-8-10-19-29(45)41(7)26(6)33(27-17-12-11-13-18-27)49-38(48)30-31-36(46)43(25(5)22-44)35(39(31)21-28(40)34(30)50-39)37(47)42(20-9-2)32-23(3)15-14-16-24(32)4/h8-9,11-18,25-26,28,30-31,33-35,44H,1-2,10,19-22H2,3-7H3/t25-,26+,28?,30-,31+,33-,34-,35-,39+/m1/s1. The summed E-state index contributed by atoms with van der Waals surface area (Å²) in [6, 6.07) is 12.6. The highest BCUT2D eigenvalue weighted by Crippen LogP contribution is 2.61. The SMILES string of the molecule is C=CCCC(=O)N(C)[C@@H](C)[C@@H](OC(=O)[C@H]1[C@@H]2O[C@@]3(CC2Br)[C@@H]1C(=O)N([C@H](C)CO)[C@@H]3C(=O)N(CC=C)c1c(C)cccc1C)c1ccccc1. The zero-order valence-corrected chi connectivity index (χ0v) is 31.0. The number of aryl methyl sites for hydroxylation is 2. The molecule has 0 saturated carbocycles. The van der Waals surface area contributed by atoms with Gasteiger partial charge in [0.1, 0.15) is 17.7 Å². The first kappa shape index (κ1) is 37.5. The largest absolute Gasteiger partial charge is 0.455 e. The molecular formula is C39H48BrN3O7. The van der Waals surface area contributed by atoms with Crippen LogP contribution in [0.25, 0.3) is 0 Å². The monoisotopic (exact) mass is 749 g/mol. The van der Waals surface area contributed by atoms with Gasteiger partial charge in [-0.05, 0) is 57.2 Å². The number of ether oxygens (including phenoxy) is 2. The van der Waals surface area contributed by atoms with Crippen LogP contribution in [0.4, 0.5) is 5.69 Å². The second-order valence-electron chi connectivity index (χ2n) is 13.8. The number of rotatable bonds is 14. The number of esters is 1. The first-order valence-corrected chi connectivity index (χ1v) is 18.1. The number of likely N-dealkylation sites (tertiary alicyclic amines) is 1. The van der Waals surface area contributed by atoms with Crippen molar-refractivity contribution in [2.75, 3.05) is 25.1 Å². The van der Waals surface area contributed by atoms with Crippen molar-refractivity contribution in [2.24, 2.45) is 11.8 Å². The number of alkyl halides is 1. The summed E-state index contributed by atoms with van der Waals surface area (Å²) in [5, 5.41) is 10.4. The van der Waals surface area contributed by atoms with Crippen molar-refractivity contribution in [1.82, 2.24) is 9.80 Å². The van der Waals surface area contributed by atoms with Crippen LogP contribution in [0.3, 0.4) is 0 Å². The van der Waals surface area contributed by atoms with Gasteiger partial charge >= 0.3 is 5.97 Å². The molecule has 3 fully saturated rings. The number of para-hydroxylation sites is 1. The highest BCUT2D eigenvalue weighted by molar-refractivity contribution is 9.09. The molecule has 1 unspecified atom stereocenters. The molecule has 50 heavy (non-hydrogen) atoms. The Morgan fingerprint density at radius 3 is 2.36 bits per heavy atom. The van der Waals surface area contributed by atoms with Crippen LogP contribution in [0.5, 0.6) is 0 Å². The average Bonchev–Trinajstić information content (AvgIpc) is 3.71. The van der Waals surface area contributed by atoms with E-state index in [9.17, 15) is 24.3 Å². The van der Waals surface area contributed by atoms with Crippen LogP contribution in [0.15, 0.2) is 73.8 Å². The number of aliphatic hydroxyl groups excluding tert-OH is 1. The van der Waals surface area contributed by atoms with E-state index in [-0.39, 0.29) is 36.2 Å².